The van der Waals surface area contributed by atoms with Gasteiger partial charge in [-0.3, -0.25) is 4.79 Å². The Kier molecular flexibility index (Phi) is 2.74. The number of amides is 1. The van der Waals surface area contributed by atoms with Gasteiger partial charge in [0.2, 0.25) is 5.91 Å². The summed E-state index contributed by atoms with van der Waals surface area (Å²) in [7, 11) is 0. The summed E-state index contributed by atoms with van der Waals surface area (Å²) in [5.74, 6) is -0.402. The van der Waals surface area contributed by atoms with E-state index >= 15 is 0 Å². The van der Waals surface area contributed by atoms with Crippen LogP contribution in [0.25, 0.3) is 0 Å². The molecular formula is C9H13N3O. The number of carbonyl (C=O) groups excluding carboxylic acids is 1. The molecule has 0 aromatic heterocycles. The summed E-state index contributed by atoms with van der Waals surface area (Å²) in [6, 6.07) is 5.59. The number of nitrogens with one attached hydrogen (secondary N) is 1. The van der Waals surface area contributed by atoms with Gasteiger partial charge in [0.05, 0.1) is 17.9 Å². The lowest BCUT2D eigenvalue weighted by molar-refractivity contribution is -0.116. The highest BCUT2D eigenvalue weighted by Gasteiger charge is 2.01. The third kappa shape index (κ3) is 2.37. The first-order valence-corrected chi connectivity index (χ1v) is 3.98. The van der Waals surface area contributed by atoms with Gasteiger partial charge < -0.3 is 16.8 Å². The molecule has 70 valence electrons. The molecule has 1 amide bonds. The van der Waals surface area contributed by atoms with Crippen molar-refractivity contribution >= 4 is 17.3 Å². The van der Waals surface area contributed by atoms with Crippen LogP contribution in [-0.4, -0.2) is 12.5 Å². The molecule has 0 atom stereocenters. The van der Waals surface area contributed by atoms with E-state index in [9.17, 15) is 4.79 Å². The van der Waals surface area contributed by atoms with Gasteiger partial charge in [-0.2, -0.15) is 0 Å². The van der Waals surface area contributed by atoms with E-state index in [1.54, 1.807) is 0 Å². The minimum atomic E-state index is -0.402. The zero-order valence-electron chi connectivity index (χ0n) is 7.50. The number of hydrogen-bond donors (Lipinski definition) is 3. The summed E-state index contributed by atoms with van der Waals surface area (Å²) in [6.07, 6.45) is 0. The maximum atomic E-state index is 10.5. The molecule has 0 heterocycles. The molecule has 0 bridgehead atoms. The highest BCUT2D eigenvalue weighted by atomic mass is 16.1. The van der Waals surface area contributed by atoms with Gasteiger partial charge in [-0.1, -0.05) is 12.1 Å². The first-order chi connectivity index (χ1) is 6.11. The number of benzene rings is 1. The standard InChI is InChI=1S/C9H13N3O/c1-6-3-2-4-7(9(6)11)12-5-8(10)13/h2-4,12H,5,11H2,1H3,(H2,10,13). The molecule has 0 fully saturated rings. The van der Waals surface area contributed by atoms with Crippen LogP contribution >= 0.6 is 0 Å². The fourth-order valence-electron chi connectivity index (χ4n) is 1.02. The lowest BCUT2D eigenvalue weighted by atomic mass is 10.2. The van der Waals surface area contributed by atoms with Crippen LogP contribution in [0.1, 0.15) is 5.56 Å². The number of hydrogen-bond acceptors (Lipinski definition) is 3. The lowest BCUT2D eigenvalue weighted by Crippen LogP contribution is -2.22. The van der Waals surface area contributed by atoms with Crippen LogP contribution in [0.3, 0.4) is 0 Å². The molecule has 0 aliphatic rings. The van der Waals surface area contributed by atoms with Crippen molar-refractivity contribution in [2.75, 3.05) is 17.6 Å². The van der Waals surface area contributed by atoms with Crippen LogP contribution in [0.4, 0.5) is 11.4 Å². The van der Waals surface area contributed by atoms with Crippen LogP contribution in [0.2, 0.25) is 0 Å². The summed E-state index contributed by atoms with van der Waals surface area (Å²) in [6.45, 7) is 2.01. The molecule has 0 radical (unpaired) electrons. The quantitative estimate of drug-likeness (QED) is 0.590. The molecule has 0 spiro atoms. The second kappa shape index (κ2) is 3.80. The number of carbonyl (C=O) groups is 1. The number of nitrogens with two attached hydrogens (primary N) is 2. The van der Waals surface area contributed by atoms with E-state index in [1.165, 1.54) is 0 Å². The number of primary amides is 1. The van der Waals surface area contributed by atoms with Crippen molar-refractivity contribution in [2.45, 2.75) is 6.92 Å². The van der Waals surface area contributed by atoms with Crippen molar-refractivity contribution in [1.29, 1.82) is 0 Å². The van der Waals surface area contributed by atoms with E-state index in [-0.39, 0.29) is 6.54 Å². The van der Waals surface area contributed by atoms with Gasteiger partial charge in [0, 0.05) is 0 Å². The number of para-hydroxylation sites is 1. The summed E-state index contributed by atoms with van der Waals surface area (Å²) < 4.78 is 0. The van der Waals surface area contributed by atoms with Gasteiger partial charge in [-0.25, -0.2) is 0 Å². The largest absolute Gasteiger partial charge is 0.397 e. The van der Waals surface area contributed by atoms with Gasteiger partial charge in [0.1, 0.15) is 0 Å². The van der Waals surface area contributed by atoms with Crippen molar-refractivity contribution in [2.24, 2.45) is 5.73 Å². The Labute approximate surface area is 76.9 Å². The van der Waals surface area contributed by atoms with Gasteiger partial charge in [0.25, 0.3) is 0 Å². The Morgan fingerprint density at radius 3 is 2.85 bits per heavy atom. The van der Waals surface area contributed by atoms with Gasteiger partial charge in [-0.05, 0) is 18.6 Å². The number of aryl methyl sites for hydroxylation is 1. The Bertz CT molecular complexity index is 323. The van der Waals surface area contributed by atoms with E-state index < -0.39 is 5.91 Å². The van der Waals surface area contributed by atoms with Gasteiger partial charge >= 0.3 is 0 Å². The predicted octanol–water partition coefficient (Wildman–Crippen LogP) is 0.474. The Hall–Kier alpha value is -1.71. The molecule has 13 heavy (non-hydrogen) atoms. The summed E-state index contributed by atoms with van der Waals surface area (Å²) >= 11 is 0. The summed E-state index contributed by atoms with van der Waals surface area (Å²) in [5, 5.41) is 2.85. The first kappa shape index (κ1) is 9.38. The molecule has 0 saturated carbocycles. The molecule has 1 aromatic rings. The zero-order valence-corrected chi connectivity index (χ0v) is 7.50. The zero-order chi connectivity index (χ0) is 9.84. The minimum Gasteiger partial charge on any atom is -0.397 e. The maximum Gasteiger partial charge on any atom is 0.236 e. The van der Waals surface area contributed by atoms with Crippen molar-refractivity contribution < 1.29 is 4.79 Å². The predicted molar refractivity (Wildman–Crippen MR) is 53.3 cm³/mol. The lowest BCUT2D eigenvalue weighted by Gasteiger charge is -2.08. The fraction of sp³-hybridized carbons (Fsp3) is 0.222. The SMILES string of the molecule is Cc1cccc(NCC(N)=O)c1N. The topological polar surface area (TPSA) is 81.1 Å². The van der Waals surface area contributed by atoms with Gasteiger partial charge in [-0.15, -0.1) is 0 Å². The molecule has 5 N–H and O–H groups in total. The molecular weight excluding hydrogens is 166 g/mol. The second-order valence-electron chi connectivity index (χ2n) is 2.86. The van der Waals surface area contributed by atoms with Crippen LogP contribution in [0.5, 0.6) is 0 Å². The highest BCUT2D eigenvalue weighted by molar-refractivity contribution is 5.81. The van der Waals surface area contributed by atoms with Crippen LogP contribution in [0.15, 0.2) is 18.2 Å². The van der Waals surface area contributed by atoms with Crippen LogP contribution in [-0.2, 0) is 4.79 Å². The minimum absolute atomic E-state index is 0.105. The van der Waals surface area contributed by atoms with Crippen molar-refractivity contribution in [3.8, 4) is 0 Å². The van der Waals surface area contributed by atoms with Crippen LogP contribution < -0.4 is 16.8 Å². The maximum absolute atomic E-state index is 10.5. The molecule has 4 heteroatoms. The van der Waals surface area contributed by atoms with E-state index in [4.69, 9.17) is 11.5 Å². The van der Waals surface area contributed by atoms with Crippen LogP contribution in [0, 0.1) is 6.92 Å². The summed E-state index contributed by atoms with van der Waals surface area (Å²) in [4.78, 5) is 10.5. The van der Waals surface area contributed by atoms with Crippen molar-refractivity contribution in [3.63, 3.8) is 0 Å². The molecule has 1 rings (SSSR count). The number of anilines is 2. The fourth-order valence-corrected chi connectivity index (χ4v) is 1.02. The second-order valence-corrected chi connectivity index (χ2v) is 2.86. The average molecular weight is 179 g/mol. The normalized spacial score (nSPS) is 9.62. The first-order valence-electron chi connectivity index (χ1n) is 3.98. The van der Waals surface area contributed by atoms with Crippen molar-refractivity contribution in [3.05, 3.63) is 23.8 Å². The average Bonchev–Trinajstić information content (AvgIpc) is 2.07. The molecule has 0 saturated heterocycles. The Balaban J connectivity index is 2.77. The number of nitrogen functional groups attached to an aromatic ring is 1. The molecule has 0 unspecified atom stereocenters. The van der Waals surface area contributed by atoms with E-state index in [1.807, 2.05) is 25.1 Å². The van der Waals surface area contributed by atoms with E-state index in [0.717, 1.165) is 11.3 Å². The third-order valence-corrected chi connectivity index (χ3v) is 1.78. The van der Waals surface area contributed by atoms with Crippen molar-refractivity contribution in [1.82, 2.24) is 0 Å². The third-order valence-electron chi connectivity index (χ3n) is 1.78. The highest BCUT2D eigenvalue weighted by Crippen LogP contribution is 2.21. The van der Waals surface area contributed by atoms with E-state index in [0.29, 0.717) is 5.69 Å². The molecule has 0 aliphatic heterocycles. The molecule has 4 nitrogen and oxygen atoms in total. The van der Waals surface area contributed by atoms with Gasteiger partial charge in [0.15, 0.2) is 0 Å². The summed E-state index contributed by atoms with van der Waals surface area (Å²) in [5.41, 5.74) is 13.1. The smallest absolute Gasteiger partial charge is 0.236 e. The number of rotatable bonds is 3. The monoisotopic (exact) mass is 179 g/mol. The van der Waals surface area contributed by atoms with E-state index in [2.05, 4.69) is 5.32 Å². The molecule has 1 aromatic carbocycles. The Morgan fingerprint density at radius 1 is 1.54 bits per heavy atom. The molecule has 0 aliphatic carbocycles. The Morgan fingerprint density at radius 2 is 2.23 bits per heavy atom.